The van der Waals surface area contributed by atoms with Crippen molar-refractivity contribution in [3.05, 3.63) is 57.7 Å². The van der Waals surface area contributed by atoms with Crippen LogP contribution in [0.1, 0.15) is 22.9 Å². The minimum absolute atomic E-state index is 0.216. The van der Waals surface area contributed by atoms with E-state index in [4.69, 9.17) is 10.7 Å². The van der Waals surface area contributed by atoms with Crippen LogP contribution >= 0.6 is 15.9 Å². The monoisotopic (exact) mass is 331 g/mol. The van der Waals surface area contributed by atoms with Crippen molar-refractivity contribution in [3.8, 4) is 0 Å². The number of aromatic nitrogens is 1. The first kappa shape index (κ1) is 13.6. The van der Waals surface area contributed by atoms with E-state index in [0.717, 1.165) is 29.0 Å². The standard InChI is InChI=1S/C16H18BrN3/c1-11-14(17)6-7-16(19-11)20-9-8-12-4-2-3-5-13(12)15(20)10-18/h2-7,15H,8-10,18H2,1H3. The highest BCUT2D eigenvalue weighted by molar-refractivity contribution is 9.10. The Bertz CT molecular complexity index is 627. The van der Waals surface area contributed by atoms with Gasteiger partial charge in [-0.05, 0) is 52.5 Å². The number of hydrogen-bond donors (Lipinski definition) is 1. The maximum absolute atomic E-state index is 6.04. The lowest BCUT2D eigenvalue weighted by Crippen LogP contribution is -2.39. The maximum atomic E-state index is 6.04. The number of rotatable bonds is 2. The average molecular weight is 332 g/mol. The number of benzene rings is 1. The van der Waals surface area contributed by atoms with E-state index >= 15 is 0 Å². The van der Waals surface area contributed by atoms with Crippen LogP contribution in [0.4, 0.5) is 5.82 Å². The Kier molecular flexibility index (Phi) is 3.76. The molecule has 0 bridgehead atoms. The number of hydrogen-bond acceptors (Lipinski definition) is 3. The Morgan fingerprint density at radius 1 is 1.30 bits per heavy atom. The van der Waals surface area contributed by atoms with Crippen LogP contribution in [0.5, 0.6) is 0 Å². The molecule has 2 aromatic rings. The lowest BCUT2D eigenvalue weighted by molar-refractivity contribution is 0.583. The molecular weight excluding hydrogens is 314 g/mol. The van der Waals surface area contributed by atoms with Gasteiger partial charge in [-0.25, -0.2) is 4.98 Å². The van der Waals surface area contributed by atoms with Crippen molar-refractivity contribution < 1.29 is 0 Å². The second kappa shape index (κ2) is 5.54. The van der Waals surface area contributed by atoms with Crippen molar-refractivity contribution in [1.82, 2.24) is 4.98 Å². The normalized spacial score (nSPS) is 17.9. The van der Waals surface area contributed by atoms with Crippen LogP contribution in [0.15, 0.2) is 40.9 Å². The van der Waals surface area contributed by atoms with E-state index in [0.29, 0.717) is 6.54 Å². The van der Waals surface area contributed by atoms with Crippen molar-refractivity contribution in [2.45, 2.75) is 19.4 Å². The largest absolute Gasteiger partial charge is 0.348 e. The first-order valence-electron chi connectivity index (χ1n) is 6.88. The smallest absolute Gasteiger partial charge is 0.129 e. The Morgan fingerprint density at radius 3 is 2.85 bits per heavy atom. The summed E-state index contributed by atoms with van der Waals surface area (Å²) in [6, 6.07) is 12.9. The van der Waals surface area contributed by atoms with Crippen LogP contribution in [-0.2, 0) is 6.42 Å². The maximum Gasteiger partial charge on any atom is 0.129 e. The van der Waals surface area contributed by atoms with Gasteiger partial charge in [0.2, 0.25) is 0 Å². The third-order valence-electron chi connectivity index (χ3n) is 3.94. The predicted octanol–water partition coefficient (Wildman–Crippen LogP) is 3.22. The van der Waals surface area contributed by atoms with Crippen molar-refractivity contribution in [2.75, 3.05) is 18.0 Å². The van der Waals surface area contributed by atoms with Crippen LogP contribution in [0.3, 0.4) is 0 Å². The molecule has 0 fully saturated rings. The second-order valence-corrected chi connectivity index (χ2v) is 5.98. The molecule has 1 atom stereocenters. The van der Waals surface area contributed by atoms with Crippen molar-refractivity contribution >= 4 is 21.7 Å². The quantitative estimate of drug-likeness (QED) is 0.918. The first-order chi connectivity index (χ1) is 9.70. The van der Waals surface area contributed by atoms with Gasteiger partial charge in [-0.2, -0.15) is 0 Å². The zero-order chi connectivity index (χ0) is 14.1. The van der Waals surface area contributed by atoms with Gasteiger partial charge in [-0.1, -0.05) is 24.3 Å². The minimum Gasteiger partial charge on any atom is -0.348 e. The topological polar surface area (TPSA) is 42.2 Å². The van der Waals surface area contributed by atoms with Gasteiger partial charge < -0.3 is 10.6 Å². The fourth-order valence-electron chi connectivity index (χ4n) is 2.87. The van der Waals surface area contributed by atoms with Gasteiger partial charge in [0.15, 0.2) is 0 Å². The van der Waals surface area contributed by atoms with Crippen LogP contribution in [0.25, 0.3) is 0 Å². The number of anilines is 1. The Hall–Kier alpha value is -1.39. The van der Waals surface area contributed by atoms with Gasteiger partial charge in [0.1, 0.15) is 5.82 Å². The molecule has 4 heteroatoms. The molecule has 0 amide bonds. The predicted molar refractivity (Wildman–Crippen MR) is 86.0 cm³/mol. The second-order valence-electron chi connectivity index (χ2n) is 5.13. The van der Waals surface area contributed by atoms with E-state index in [1.165, 1.54) is 11.1 Å². The molecule has 2 heterocycles. The van der Waals surface area contributed by atoms with E-state index in [1.807, 2.05) is 6.92 Å². The number of pyridine rings is 1. The molecule has 1 aliphatic heterocycles. The summed E-state index contributed by atoms with van der Waals surface area (Å²) in [5, 5.41) is 0. The van der Waals surface area contributed by atoms with Gasteiger partial charge in [0.25, 0.3) is 0 Å². The number of nitrogens with zero attached hydrogens (tertiary/aromatic N) is 2. The molecule has 0 spiro atoms. The molecule has 0 aliphatic carbocycles. The third kappa shape index (κ3) is 2.34. The molecular formula is C16H18BrN3. The highest BCUT2D eigenvalue weighted by Crippen LogP contribution is 2.32. The van der Waals surface area contributed by atoms with E-state index in [-0.39, 0.29) is 6.04 Å². The molecule has 3 rings (SSSR count). The van der Waals surface area contributed by atoms with Gasteiger partial charge in [0, 0.05) is 17.6 Å². The summed E-state index contributed by atoms with van der Waals surface area (Å²) >= 11 is 3.51. The van der Waals surface area contributed by atoms with E-state index < -0.39 is 0 Å². The van der Waals surface area contributed by atoms with Crippen LogP contribution < -0.4 is 10.6 Å². The van der Waals surface area contributed by atoms with Crippen molar-refractivity contribution in [1.29, 1.82) is 0 Å². The summed E-state index contributed by atoms with van der Waals surface area (Å²) in [6.45, 7) is 3.59. The average Bonchev–Trinajstić information content (AvgIpc) is 2.49. The first-order valence-corrected chi connectivity index (χ1v) is 7.67. The van der Waals surface area contributed by atoms with Crippen LogP contribution in [-0.4, -0.2) is 18.1 Å². The molecule has 104 valence electrons. The van der Waals surface area contributed by atoms with Crippen LogP contribution in [0.2, 0.25) is 0 Å². The lowest BCUT2D eigenvalue weighted by atomic mass is 9.92. The third-order valence-corrected chi connectivity index (χ3v) is 4.77. The molecule has 2 N–H and O–H groups in total. The Morgan fingerprint density at radius 2 is 2.10 bits per heavy atom. The molecule has 1 aromatic heterocycles. The molecule has 3 nitrogen and oxygen atoms in total. The number of nitrogens with two attached hydrogens (primary N) is 1. The molecule has 1 aromatic carbocycles. The summed E-state index contributed by atoms with van der Waals surface area (Å²) in [6.07, 6.45) is 1.05. The number of fused-ring (bicyclic) bond motifs is 1. The molecule has 1 aliphatic rings. The molecule has 0 radical (unpaired) electrons. The molecule has 20 heavy (non-hydrogen) atoms. The summed E-state index contributed by atoms with van der Waals surface area (Å²) in [7, 11) is 0. The van der Waals surface area contributed by atoms with Crippen LogP contribution in [0, 0.1) is 6.92 Å². The van der Waals surface area contributed by atoms with E-state index in [1.54, 1.807) is 0 Å². The van der Waals surface area contributed by atoms with Gasteiger partial charge >= 0.3 is 0 Å². The van der Waals surface area contributed by atoms with Gasteiger partial charge in [-0.3, -0.25) is 0 Å². The fourth-order valence-corrected chi connectivity index (χ4v) is 3.09. The highest BCUT2D eigenvalue weighted by atomic mass is 79.9. The zero-order valence-electron chi connectivity index (χ0n) is 11.5. The summed E-state index contributed by atoms with van der Waals surface area (Å²) in [5.41, 5.74) is 9.79. The van der Waals surface area contributed by atoms with Crippen molar-refractivity contribution in [2.24, 2.45) is 5.73 Å². The Labute approximate surface area is 127 Å². The van der Waals surface area contributed by atoms with E-state index in [2.05, 4.69) is 57.2 Å². The number of aryl methyl sites for hydroxylation is 1. The molecule has 1 unspecified atom stereocenters. The summed E-state index contributed by atoms with van der Waals surface area (Å²) < 4.78 is 1.04. The highest BCUT2D eigenvalue weighted by Gasteiger charge is 2.27. The van der Waals surface area contributed by atoms with Crippen molar-refractivity contribution in [3.63, 3.8) is 0 Å². The zero-order valence-corrected chi connectivity index (χ0v) is 13.1. The van der Waals surface area contributed by atoms with Gasteiger partial charge in [0.05, 0.1) is 11.7 Å². The lowest BCUT2D eigenvalue weighted by Gasteiger charge is -2.37. The SMILES string of the molecule is Cc1nc(N2CCc3ccccc3C2CN)ccc1Br. The molecule has 0 saturated carbocycles. The summed E-state index contributed by atoms with van der Waals surface area (Å²) in [4.78, 5) is 7.01. The minimum atomic E-state index is 0.216. The Balaban J connectivity index is 2.00. The van der Waals surface area contributed by atoms with Gasteiger partial charge in [-0.15, -0.1) is 0 Å². The number of halogens is 1. The van der Waals surface area contributed by atoms with E-state index in [9.17, 15) is 0 Å². The summed E-state index contributed by atoms with van der Waals surface area (Å²) in [5.74, 6) is 1.01. The molecule has 0 saturated heterocycles. The fraction of sp³-hybridized carbons (Fsp3) is 0.312.